The lowest BCUT2D eigenvalue weighted by molar-refractivity contribution is -0.122. The number of halogens is 6. The molecule has 2 amide bonds. The minimum atomic E-state index is -4.58. The van der Waals surface area contributed by atoms with Crippen LogP contribution in [0.15, 0.2) is 16.6 Å². The maximum atomic E-state index is 13.2. The summed E-state index contributed by atoms with van der Waals surface area (Å²) in [4.78, 5) is 11.0. The average molecular weight is 333 g/mol. The summed E-state index contributed by atoms with van der Waals surface area (Å²) < 4.78 is 61.4. The van der Waals surface area contributed by atoms with Gasteiger partial charge in [-0.1, -0.05) is 0 Å². The predicted molar refractivity (Wildman–Crippen MR) is 57.1 cm³/mol. The molecule has 0 aliphatic carbocycles. The summed E-state index contributed by atoms with van der Waals surface area (Å²) in [6.45, 7) is -1.57. The van der Waals surface area contributed by atoms with E-state index < -0.39 is 36.1 Å². The van der Waals surface area contributed by atoms with E-state index >= 15 is 0 Å². The van der Waals surface area contributed by atoms with Crippen LogP contribution < -0.4 is 10.6 Å². The van der Waals surface area contributed by atoms with Gasteiger partial charge in [0.15, 0.2) is 0 Å². The Morgan fingerprint density at radius 1 is 1.22 bits per heavy atom. The second-order valence-corrected chi connectivity index (χ2v) is 4.02. The Kier molecular flexibility index (Phi) is 4.49. The van der Waals surface area contributed by atoms with Crippen molar-refractivity contribution in [3.8, 4) is 0 Å². The molecule has 0 radical (unpaired) electrons. The number of rotatable bonds is 2. The summed E-state index contributed by atoms with van der Waals surface area (Å²) in [5.41, 5.74) is -0.560. The molecule has 0 unspecified atom stereocenters. The second-order valence-electron chi connectivity index (χ2n) is 3.17. The Morgan fingerprint density at radius 2 is 1.83 bits per heavy atom. The zero-order valence-corrected chi connectivity index (χ0v) is 10.1. The zero-order valence-electron chi connectivity index (χ0n) is 8.54. The zero-order chi connectivity index (χ0) is 13.9. The molecule has 0 atom stereocenters. The molecule has 0 saturated heterocycles. The monoisotopic (exact) mass is 332 g/mol. The van der Waals surface area contributed by atoms with Crippen molar-refractivity contribution in [2.24, 2.45) is 0 Å². The molecule has 100 valence electrons. The molecular weight excluding hydrogens is 327 g/mol. The van der Waals surface area contributed by atoms with Crippen LogP contribution in [-0.2, 0) is 0 Å². The van der Waals surface area contributed by atoms with Crippen LogP contribution in [0.2, 0.25) is 0 Å². The van der Waals surface area contributed by atoms with Gasteiger partial charge in [-0.25, -0.2) is 13.6 Å². The third-order valence-corrected chi connectivity index (χ3v) is 2.32. The number of carbonyl (C=O) groups excluding carboxylic acids is 1. The van der Waals surface area contributed by atoms with Gasteiger partial charge in [0.2, 0.25) is 0 Å². The molecule has 0 fully saturated rings. The first-order valence-electron chi connectivity index (χ1n) is 4.45. The van der Waals surface area contributed by atoms with E-state index in [4.69, 9.17) is 0 Å². The summed E-state index contributed by atoms with van der Waals surface area (Å²) in [6, 6.07) is 0.106. The molecule has 0 saturated carbocycles. The molecule has 1 aromatic rings. The Bertz CT molecular complexity index is 463. The average Bonchev–Trinajstić information content (AvgIpc) is 2.22. The van der Waals surface area contributed by atoms with Crippen LogP contribution in [0.5, 0.6) is 0 Å². The number of alkyl halides is 3. The molecule has 0 heterocycles. The summed E-state index contributed by atoms with van der Waals surface area (Å²) >= 11 is 2.71. The number of hydrogen-bond acceptors (Lipinski definition) is 1. The lowest BCUT2D eigenvalue weighted by Gasteiger charge is -2.10. The van der Waals surface area contributed by atoms with Crippen LogP contribution in [0.25, 0.3) is 0 Å². The quantitative estimate of drug-likeness (QED) is 0.632. The molecule has 2 N–H and O–H groups in total. The van der Waals surface area contributed by atoms with E-state index in [9.17, 15) is 26.7 Å². The van der Waals surface area contributed by atoms with Crippen LogP contribution in [0, 0.1) is 11.6 Å². The fourth-order valence-electron chi connectivity index (χ4n) is 0.965. The van der Waals surface area contributed by atoms with Gasteiger partial charge in [-0.15, -0.1) is 0 Å². The molecule has 9 heteroatoms. The van der Waals surface area contributed by atoms with E-state index in [1.54, 1.807) is 5.32 Å². The largest absolute Gasteiger partial charge is 0.405 e. The molecule has 0 aliphatic rings. The van der Waals surface area contributed by atoms with Crippen molar-refractivity contribution in [3.05, 3.63) is 28.2 Å². The highest BCUT2D eigenvalue weighted by molar-refractivity contribution is 9.10. The number of anilines is 1. The number of benzene rings is 1. The van der Waals surface area contributed by atoms with E-state index in [1.165, 1.54) is 5.32 Å². The van der Waals surface area contributed by atoms with Crippen molar-refractivity contribution in [1.29, 1.82) is 0 Å². The molecule has 1 rings (SSSR count). The summed E-state index contributed by atoms with van der Waals surface area (Å²) in [7, 11) is 0. The number of urea groups is 1. The molecule has 0 bridgehead atoms. The Labute approximate surface area is 106 Å². The van der Waals surface area contributed by atoms with Gasteiger partial charge in [0, 0.05) is 6.07 Å². The molecule has 0 aliphatic heterocycles. The fourth-order valence-corrected chi connectivity index (χ4v) is 1.28. The van der Waals surface area contributed by atoms with Gasteiger partial charge in [-0.3, -0.25) is 0 Å². The first-order valence-corrected chi connectivity index (χ1v) is 5.24. The van der Waals surface area contributed by atoms with E-state index in [1.807, 2.05) is 0 Å². The summed E-state index contributed by atoms with van der Waals surface area (Å²) in [5.74, 6) is -1.84. The second kappa shape index (κ2) is 5.51. The van der Waals surface area contributed by atoms with E-state index in [2.05, 4.69) is 15.9 Å². The maximum Gasteiger partial charge on any atom is 0.405 e. The Hall–Kier alpha value is -1.38. The third kappa shape index (κ3) is 4.47. The smallest absolute Gasteiger partial charge is 0.329 e. The van der Waals surface area contributed by atoms with Crippen molar-refractivity contribution in [3.63, 3.8) is 0 Å². The van der Waals surface area contributed by atoms with Crippen molar-refractivity contribution >= 4 is 27.6 Å². The van der Waals surface area contributed by atoms with Crippen molar-refractivity contribution in [1.82, 2.24) is 5.32 Å². The van der Waals surface area contributed by atoms with E-state index in [-0.39, 0.29) is 4.47 Å². The van der Waals surface area contributed by atoms with Crippen LogP contribution in [0.4, 0.5) is 32.4 Å². The molecule has 1 aromatic carbocycles. The highest BCUT2D eigenvalue weighted by Gasteiger charge is 2.27. The van der Waals surface area contributed by atoms with Crippen LogP contribution in [-0.4, -0.2) is 18.8 Å². The van der Waals surface area contributed by atoms with Crippen molar-refractivity contribution in [2.75, 3.05) is 11.9 Å². The highest BCUT2D eigenvalue weighted by Crippen LogP contribution is 2.23. The molecule has 0 spiro atoms. The van der Waals surface area contributed by atoms with Crippen LogP contribution >= 0.6 is 15.9 Å². The van der Waals surface area contributed by atoms with Crippen molar-refractivity contribution in [2.45, 2.75) is 6.18 Å². The van der Waals surface area contributed by atoms with Crippen molar-refractivity contribution < 1.29 is 26.7 Å². The normalized spacial score (nSPS) is 11.2. The number of carbonyl (C=O) groups is 1. The minimum absolute atomic E-state index is 0.166. The molecule has 18 heavy (non-hydrogen) atoms. The van der Waals surface area contributed by atoms with Gasteiger partial charge in [0.05, 0.1) is 10.2 Å². The third-order valence-electron chi connectivity index (χ3n) is 1.71. The van der Waals surface area contributed by atoms with Gasteiger partial charge in [-0.05, 0) is 22.0 Å². The fraction of sp³-hybridized carbons (Fsp3) is 0.222. The SMILES string of the molecule is O=C(NCC(F)(F)F)Nc1cc(F)c(Br)cc1F. The van der Waals surface area contributed by atoms with Gasteiger partial charge in [-0.2, -0.15) is 13.2 Å². The van der Waals surface area contributed by atoms with Gasteiger partial charge >= 0.3 is 12.2 Å². The number of hydrogen-bond donors (Lipinski definition) is 2. The number of amides is 2. The lowest BCUT2D eigenvalue weighted by Crippen LogP contribution is -2.36. The highest BCUT2D eigenvalue weighted by atomic mass is 79.9. The standard InChI is InChI=1S/C9H6BrF5N2O/c10-4-1-6(12)7(2-5(4)11)17-8(18)16-3-9(13,14)15/h1-2H,3H2,(H2,16,17,18). The molecule has 3 nitrogen and oxygen atoms in total. The maximum absolute atomic E-state index is 13.2. The molecular formula is C9H6BrF5N2O. The first kappa shape index (κ1) is 14.7. The van der Waals surface area contributed by atoms with Gasteiger partial charge < -0.3 is 10.6 Å². The van der Waals surface area contributed by atoms with Gasteiger partial charge in [0.1, 0.15) is 18.2 Å². The van der Waals surface area contributed by atoms with E-state index in [0.717, 1.165) is 6.07 Å². The first-order chi connectivity index (χ1) is 8.19. The lowest BCUT2D eigenvalue weighted by atomic mass is 10.3. The van der Waals surface area contributed by atoms with Gasteiger partial charge in [0.25, 0.3) is 0 Å². The minimum Gasteiger partial charge on any atom is -0.329 e. The van der Waals surface area contributed by atoms with E-state index in [0.29, 0.717) is 6.07 Å². The topological polar surface area (TPSA) is 41.1 Å². The Morgan fingerprint density at radius 3 is 2.39 bits per heavy atom. The molecule has 0 aromatic heterocycles. The number of nitrogens with one attached hydrogen (secondary N) is 2. The van der Waals surface area contributed by atoms with Crippen LogP contribution in [0.3, 0.4) is 0 Å². The predicted octanol–water partition coefficient (Wildman–Crippen LogP) is 3.41. The Balaban J connectivity index is 2.68. The van der Waals surface area contributed by atoms with Crippen LogP contribution in [0.1, 0.15) is 0 Å². The summed E-state index contributed by atoms with van der Waals surface area (Å²) in [5, 5.41) is 3.22. The summed E-state index contributed by atoms with van der Waals surface area (Å²) in [6.07, 6.45) is -4.58.